The highest BCUT2D eigenvalue weighted by Gasteiger charge is 1.96. The van der Waals surface area contributed by atoms with Crippen LogP contribution in [0.3, 0.4) is 0 Å². The molecular weight excluding hydrogens is 128 g/mol. The lowest BCUT2D eigenvalue weighted by atomic mass is 10.7. The second-order valence-electron chi connectivity index (χ2n) is 1.23. The Hall–Kier alpha value is 0.190. The van der Waals surface area contributed by atoms with Gasteiger partial charge >= 0.3 is 0 Å². The first kappa shape index (κ1) is 8.19. The van der Waals surface area contributed by atoms with Crippen molar-refractivity contribution in [2.45, 2.75) is 0 Å². The molecule has 0 aromatic heterocycles. The van der Waals surface area contributed by atoms with Crippen LogP contribution in [0, 0.1) is 0 Å². The molecule has 0 bridgehead atoms. The van der Waals surface area contributed by atoms with Crippen LogP contribution in [0.25, 0.3) is 0 Å². The Kier molecular flexibility index (Phi) is 5.46. The lowest BCUT2D eigenvalue weighted by Crippen LogP contribution is -2.27. The third kappa shape index (κ3) is 6.19. The maximum atomic E-state index is 9.90. The molecule has 4 nitrogen and oxygen atoms in total. The minimum atomic E-state index is -1.69. The quantitative estimate of drug-likeness (QED) is 0.256. The van der Waals surface area contributed by atoms with Crippen LogP contribution in [0.4, 0.5) is 0 Å². The first-order chi connectivity index (χ1) is 3.77. The molecular formula is C3H10N2O2S. The van der Waals surface area contributed by atoms with Crippen molar-refractivity contribution in [3.8, 4) is 0 Å². The van der Waals surface area contributed by atoms with Gasteiger partial charge in [-0.05, 0) is 0 Å². The van der Waals surface area contributed by atoms with Gasteiger partial charge in [0.1, 0.15) is 11.5 Å². The van der Waals surface area contributed by atoms with E-state index in [-0.39, 0.29) is 5.75 Å². The number of nitrogens with two attached hydrogens (primary N) is 1. The van der Waals surface area contributed by atoms with Crippen molar-refractivity contribution in [3.05, 3.63) is 0 Å². The molecule has 0 aromatic carbocycles. The predicted molar refractivity (Wildman–Crippen MR) is 32.7 cm³/mol. The number of rotatable bonds is 4. The summed E-state index contributed by atoms with van der Waals surface area (Å²) in [6.07, 6.45) is 0. The zero-order valence-corrected chi connectivity index (χ0v) is 5.28. The maximum absolute atomic E-state index is 9.90. The van der Waals surface area contributed by atoms with Crippen LogP contribution in [0.2, 0.25) is 0 Å². The van der Waals surface area contributed by atoms with Gasteiger partial charge in [-0.3, -0.25) is 5.32 Å². The Bertz CT molecular complexity index is 52.5. The van der Waals surface area contributed by atoms with Crippen molar-refractivity contribution >= 4 is 11.5 Å². The highest BCUT2D eigenvalue weighted by atomic mass is 32.2. The second-order valence-corrected chi connectivity index (χ2v) is 2.28. The summed E-state index contributed by atoms with van der Waals surface area (Å²) in [5.41, 5.74) is 5.02. The molecule has 1 atom stereocenters. The molecule has 0 aromatic rings. The van der Waals surface area contributed by atoms with E-state index in [2.05, 4.69) is 5.32 Å². The van der Waals surface area contributed by atoms with Gasteiger partial charge in [0.2, 0.25) is 0 Å². The largest absolute Gasteiger partial charge is 0.586 e. The van der Waals surface area contributed by atoms with Gasteiger partial charge in [0.15, 0.2) is 5.75 Å². The summed E-state index contributed by atoms with van der Waals surface area (Å²) in [7, 11) is 0. The third-order valence-electron chi connectivity index (χ3n) is 0.598. The van der Waals surface area contributed by atoms with Crippen LogP contribution in [0.5, 0.6) is 0 Å². The minimum Gasteiger partial charge on any atom is -0.586 e. The smallest absolute Gasteiger partial charge is 0.151 e. The van der Waals surface area contributed by atoms with Gasteiger partial charge in [-0.25, -0.2) is 0 Å². The standard InChI is InChI=1S/C3H10N2O2S/c4-3-5-1-2-8(6)7/h5H,1-4H2,(H,6,7). The number of hydrogen-bond acceptors (Lipinski definition) is 4. The Morgan fingerprint density at radius 2 is 2.38 bits per heavy atom. The molecule has 0 saturated carbocycles. The van der Waals surface area contributed by atoms with Crippen LogP contribution < -0.4 is 11.1 Å². The van der Waals surface area contributed by atoms with Gasteiger partial charge in [0.25, 0.3) is 0 Å². The van der Waals surface area contributed by atoms with Crippen molar-refractivity contribution < 1.29 is 9.11 Å². The predicted octanol–water partition coefficient (Wildman–Crippen LogP) is -1.29. The van der Waals surface area contributed by atoms with Crippen molar-refractivity contribution in [3.63, 3.8) is 0 Å². The fraction of sp³-hybridized carbons (Fsp3) is 1.00. The topological polar surface area (TPSA) is 81.3 Å². The van der Waals surface area contributed by atoms with Crippen LogP contribution in [-0.4, -0.2) is 28.1 Å². The highest BCUT2D eigenvalue weighted by Crippen LogP contribution is 1.76. The molecule has 50 valence electrons. The Balaban J connectivity index is 2.72. The summed E-state index contributed by atoms with van der Waals surface area (Å²) in [5.74, 6) is 0.247. The first-order valence-electron chi connectivity index (χ1n) is 2.25. The van der Waals surface area contributed by atoms with Gasteiger partial charge < -0.3 is 10.3 Å². The molecule has 0 amide bonds. The van der Waals surface area contributed by atoms with Crippen LogP contribution >= 0.6 is 0 Å². The van der Waals surface area contributed by atoms with Gasteiger partial charge in [0, 0.05) is 13.2 Å². The monoisotopic (exact) mass is 138 g/mol. The fourth-order valence-electron chi connectivity index (χ4n) is 0.262. The number of hydrogen-bond donors (Lipinski definition) is 3. The normalized spacial score (nSPS) is 13.9. The summed E-state index contributed by atoms with van der Waals surface area (Å²) in [4.78, 5) is 0. The van der Waals surface area contributed by atoms with Crippen molar-refractivity contribution in [1.82, 2.24) is 5.32 Å². The maximum Gasteiger partial charge on any atom is 0.151 e. The molecule has 0 spiro atoms. The highest BCUT2D eigenvalue weighted by molar-refractivity contribution is 7.85. The molecule has 0 rings (SSSR count). The molecule has 0 radical (unpaired) electrons. The lowest BCUT2D eigenvalue weighted by Gasteiger charge is -1.99. The van der Waals surface area contributed by atoms with Crippen LogP contribution in [-0.2, 0) is 11.5 Å². The van der Waals surface area contributed by atoms with Gasteiger partial charge in [-0.2, -0.15) is 4.55 Å². The van der Waals surface area contributed by atoms with E-state index >= 15 is 0 Å². The lowest BCUT2D eigenvalue weighted by molar-refractivity contribution is 0.480. The van der Waals surface area contributed by atoms with Gasteiger partial charge in [-0.1, -0.05) is 0 Å². The van der Waals surface area contributed by atoms with Crippen molar-refractivity contribution in [1.29, 1.82) is 0 Å². The summed E-state index contributed by atoms with van der Waals surface area (Å²) >= 11 is -1.69. The summed E-state index contributed by atoms with van der Waals surface area (Å²) in [5, 5.41) is 2.70. The van der Waals surface area contributed by atoms with E-state index in [4.69, 9.17) is 10.3 Å². The zero-order chi connectivity index (χ0) is 6.41. The van der Waals surface area contributed by atoms with E-state index in [9.17, 15) is 4.55 Å². The number of nitrogens with one attached hydrogen (secondary N) is 1. The Labute approximate surface area is 51.5 Å². The van der Waals surface area contributed by atoms with Crippen LogP contribution in [0.15, 0.2) is 0 Å². The Morgan fingerprint density at radius 1 is 1.75 bits per heavy atom. The van der Waals surface area contributed by atoms with E-state index in [1.54, 1.807) is 0 Å². The van der Waals surface area contributed by atoms with E-state index < -0.39 is 11.5 Å². The molecule has 0 heterocycles. The summed E-state index contributed by atoms with van der Waals surface area (Å²) < 4.78 is 18.1. The van der Waals surface area contributed by atoms with Crippen molar-refractivity contribution in [2.75, 3.05) is 19.0 Å². The molecule has 0 saturated heterocycles. The average molecular weight is 138 g/mol. The molecule has 8 heavy (non-hydrogen) atoms. The van der Waals surface area contributed by atoms with Gasteiger partial charge in [-0.15, -0.1) is 0 Å². The minimum absolute atomic E-state index is 0.247. The van der Waals surface area contributed by atoms with E-state index in [1.807, 2.05) is 0 Å². The van der Waals surface area contributed by atoms with E-state index in [1.165, 1.54) is 0 Å². The molecule has 1 unspecified atom stereocenters. The van der Waals surface area contributed by atoms with Crippen molar-refractivity contribution in [2.24, 2.45) is 5.73 Å². The zero-order valence-electron chi connectivity index (χ0n) is 4.46. The molecule has 4 N–H and O–H groups in total. The third-order valence-corrected chi connectivity index (χ3v) is 1.15. The van der Waals surface area contributed by atoms with Crippen LogP contribution in [0.1, 0.15) is 0 Å². The van der Waals surface area contributed by atoms with E-state index in [0.717, 1.165) is 0 Å². The molecule has 0 fully saturated rings. The molecule has 0 aliphatic heterocycles. The summed E-state index contributed by atoms with van der Waals surface area (Å²) in [6.45, 7) is 0.858. The fourth-order valence-corrected chi connectivity index (χ4v) is 0.580. The molecule has 5 heteroatoms. The molecule has 0 aliphatic rings. The van der Waals surface area contributed by atoms with E-state index in [0.29, 0.717) is 13.2 Å². The van der Waals surface area contributed by atoms with Gasteiger partial charge in [0.05, 0.1) is 0 Å². The SMILES string of the molecule is NCNCC[S+]([O-])O. The Morgan fingerprint density at radius 3 is 2.75 bits per heavy atom. The average Bonchev–Trinajstić information content (AvgIpc) is 1.66. The first-order valence-corrected chi connectivity index (χ1v) is 3.53. The molecule has 0 aliphatic carbocycles. The summed E-state index contributed by atoms with van der Waals surface area (Å²) in [6, 6.07) is 0. The second kappa shape index (κ2) is 5.33.